The summed E-state index contributed by atoms with van der Waals surface area (Å²) in [4.78, 5) is 0. The normalized spacial score (nSPS) is 51.3. The molecule has 6 aliphatic rings. The second kappa shape index (κ2) is 5.23. The first kappa shape index (κ1) is 15.2. The predicted octanol–water partition coefficient (Wildman–Crippen LogP) is 5.81. The van der Waals surface area contributed by atoms with E-state index in [4.69, 9.17) is 5.73 Å². The van der Waals surface area contributed by atoms with Crippen LogP contribution in [0.5, 0.6) is 0 Å². The van der Waals surface area contributed by atoms with Crippen LogP contribution in [-0.4, -0.2) is 5.54 Å². The zero-order valence-corrected chi connectivity index (χ0v) is 15.1. The molecule has 1 heteroatoms. The lowest BCUT2D eigenvalue weighted by Gasteiger charge is -2.70. The first-order chi connectivity index (χ1) is 11.1. The van der Waals surface area contributed by atoms with E-state index in [0.29, 0.717) is 10.8 Å². The molecule has 0 aliphatic heterocycles. The molecule has 6 saturated carbocycles. The van der Waals surface area contributed by atoms with Crippen LogP contribution in [0.2, 0.25) is 0 Å². The molecule has 130 valence electrons. The standard InChI is InChI=1S/C22H37N/c23-22-13-17-11-20(15-22,18-7-3-1-4-8-18)14-21(12-17,16-22)19-9-5-2-6-10-19/h17-19H,1-16,23H2/t17?,20-,21+,22?. The highest BCUT2D eigenvalue weighted by atomic mass is 14.8. The predicted molar refractivity (Wildman–Crippen MR) is 96.1 cm³/mol. The molecule has 0 aromatic carbocycles. The summed E-state index contributed by atoms with van der Waals surface area (Å²) in [5, 5.41) is 0. The van der Waals surface area contributed by atoms with Gasteiger partial charge in [-0.15, -0.1) is 0 Å². The van der Waals surface area contributed by atoms with Gasteiger partial charge in [0.25, 0.3) is 0 Å². The maximum absolute atomic E-state index is 7.10. The van der Waals surface area contributed by atoms with Gasteiger partial charge in [-0.05, 0) is 92.8 Å². The molecular weight excluding hydrogens is 278 g/mol. The lowest BCUT2D eigenvalue weighted by atomic mass is 9.36. The van der Waals surface area contributed by atoms with Crippen LogP contribution in [0.4, 0.5) is 0 Å². The SMILES string of the molecule is NC12CC3C[C@](C4CCCCC4)(C1)C[C@@](C1CCCCC1)(C3)C2. The fourth-order valence-corrected chi connectivity index (χ4v) is 9.01. The molecule has 2 N–H and O–H groups in total. The molecule has 0 heterocycles. The molecule has 0 amide bonds. The summed E-state index contributed by atoms with van der Waals surface area (Å²) in [7, 11) is 0. The molecular formula is C22H37N. The van der Waals surface area contributed by atoms with Gasteiger partial charge >= 0.3 is 0 Å². The van der Waals surface area contributed by atoms with Crippen molar-refractivity contribution in [3.8, 4) is 0 Å². The fraction of sp³-hybridized carbons (Fsp3) is 1.00. The molecule has 0 spiro atoms. The van der Waals surface area contributed by atoms with E-state index in [1.165, 1.54) is 83.5 Å². The molecule has 1 nitrogen and oxygen atoms in total. The van der Waals surface area contributed by atoms with Gasteiger partial charge in [0.2, 0.25) is 0 Å². The topological polar surface area (TPSA) is 26.0 Å². The van der Waals surface area contributed by atoms with Crippen molar-refractivity contribution in [1.29, 1.82) is 0 Å². The fourth-order valence-electron chi connectivity index (χ4n) is 9.01. The van der Waals surface area contributed by atoms with Crippen molar-refractivity contribution in [2.45, 2.75) is 108 Å². The van der Waals surface area contributed by atoms with E-state index < -0.39 is 0 Å². The van der Waals surface area contributed by atoms with Crippen LogP contribution in [0.25, 0.3) is 0 Å². The first-order valence-electron chi connectivity index (χ1n) is 10.9. The Bertz CT molecular complexity index is 423. The third-order valence-electron chi connectivity index (χ3n) is 9.14. The maximum atomic E-state index is 7.10. The van der Waals surface area contributed by atoms with Crippen LogP contribution < -0.4 is 5.73 Å². The zero-order chi connectivity index (χ0) is 15.5. The highest BCUT2D eigenvalue weighted by molar-refractivity contribution is 5.18. The maximum Gasteiger partial charge on any atom is 0.0167 e. The Morgan fingerprint density at radius 3 is 1.48 bits per heavy atom. The van der Waals surface area contributed by atoms with E-state index in [2.05, 4.69) is 0 Å². The quantitative estimate of drug-likeness (QED) is 0.683. The Labute approximate surface area is 143 Å². The summed E-state index contributed by atoms with van der Waals surface area (Å²) in [5.41, 5.74) is 8.68. The second-order valence-electron chi connectivity index (χ2n) is 10.8. The van der Waals surface area contributed by atoms with Crippen molar-refractivity contribution in [2.24, 2.45) is 34.3 Å². The van der Waals surface area contributed by atoms with Gasteiger partial charge in [-0.3, -0.25) is 0 Å². The van der Waals surface area contributed by atoms with E-state index >= 15 is 0 Å². The van der Waals surface area contributed by atoms with Gasteiger partial charge in [0, 0.05) is 5.54 Å². The minimum absolute atomic E-state index is 0.230. The van der Waals surface area contributed by atoms with Gasteiger partial charge in [0.15, 0.2) is 0 Å². The van der Waals surface area contributed by atoms with Gasteiger partial charge in [-0.2, -0.15) is 0 Å². The Kier molecular flexibility index (Phi) is 3.46. The molecule has 0 aromatic heterocycles. The summed E-state index contributed by atoms with van der Waals surface area (Å²) < 4.78 is 0. The molecule has 4 atom stereocenters. The van der Waals surface area contributed by atoms with Crippen molar-refractivity contribution in [1.82, 2.24) is 0 Å². The van der Waals surface area contributed by atoms with Gasteiger partial charge in [0.05, 0.1) is 0 Å². The average Bonchev–Trinajstić information content (AvgIpc) is 2.54. The highest BCUT2D eigenvalue weighted by Crippen LogP contribution is 2.72. The molecule has 0 saturated heterocycles. The largest absolute Gasteiger partial charge is 0.325 e. The lowest BCUT2D eigenvalue weighted by molar-refractivity contribution is -0.176. The van der Waals surface area contributed by atoms with Crippen LogP contribution >= 0.6 is 0 Å². The van der Waals surface area contributed by atoms with Crippen LogP contribution in [0.15, 0.2) is 0 Å². The smallest absolute Gasteiger partial charge is 0.0167 e. The minimum atomic E-state index is 0.230. The van der Waals surface area contributed by atoms with E-state index in [-0.39, 0.29) is 5.54 Å². The molecule has 0 radical (unpaired) electrons. The molecule has 6 fully saturated rings. The van der Waals surface area contributed by atoms with Crippen LogP contribution in [0, 0.1) is 28.6 Å². The minimum Gasteiger partial charge on any atom is -0.325 e. The van der Waals surface area contributed by atoms with Gasteiger partial charge in [-0.25, -0.2) is 0 Å². The van der Waals surface area contributed by atoms with Gasteiger partial charge < -0.3 is 5.73 Å². The third-order valence-corrected chi connectivity index (χ3v) is 9.14. The van der Waals surface area contributed by atoms with E-state index in [9.17, 15) is 0 Å². The Morgan fingerprint density at radius 2 is 1.04 bits per heavy atom. The zero-order valence-electron chi connectivity index (χ0n) is 15.1. The molecule has 6 aliphatic carbocycles. The number of rotatable bonds is 2. The van der Waals surface area contributed by atoms with Gasteiger partial charge in [-0.1, -0.05) is 38.5 Å². The van der Waals surface area contributed by atoms with E-state index in [1.54, 1.807) is 19.3 Å². The van der Waals surface area contributed by atoms with Crippen molar-refractivity contribution in [3.63, 3.8) is 0 Å². The van der Waals surface area contributed by atoms with Crippen molar-refractivity contribution >= 4 is 0 Å². The summed E-state index contributed by atoms with van der Waals surface area (Å²) in [6, 6.07) is 0. The second-order valence-corrected chi connectivity index (χ2v) is 10.8. The van der Waals surface area contributed by atoms with Crippen LogP contribution in [0.3, 0.4) is 0 Å². The Morgan fingerprint density at radius 1 is 0.565 bits per heavy atom. The van der Waals surface area contributed by atoms with E-state index in [0.717, 1.165) is 17.8 Å². The van der Waals surface area contributed by atoms with Crippen LogP contribution in [-0.2, 0) is 0 Å². The Hall–Kier alpha value is -0.0400. The van der Waals surface area contributed by atoms with Crippen molar-refractivity contribution < 1.29 is 0 Å². The van der Waals surface area contributed by atoms with Crippen molar-refractivity contribution in [3.05, 3.63) is 0 Å². The Balaban J connectivity index is 1.49. The average molecular weight is 316 g/mol. The third kappa shape index (κ3) is 2.35. The highest BCUT2D eigenvalue weighted by Gasteiger charge is 2.65. The van der Waals surface area contributed by atoms with Crippen LogP contribution in [0.1, 0.15) is 103 Å². The monoisotopic (exact) mass is 315 g/mol. The summed E-state index contributed by atoms with van der Waals surface area (Å²) in [5.74, 6) is 3.05. The van der Waals surface area contributed by atoms with Crippen molar-refractivity contribution in [2.75, 3.05) is 0 Å². The number of hydrogen-bond acceptors (Lipinski definition) is 1. The molecule has 6 rings (SSSR count). The summed E-state index contributed by atoms with van der Waals surface area (Å²) >= 11 is 0. The number of hydrogen-bond donors (Lipinski definition) is 1. The number of nitrogens with two attached hydrogens (primary N) is 1. The summed E-state index contributed by atoms with van der Waals surface area (Å²) in [6.45, 7) is 0. The molecule has 0 aromatic rings. The van der Waals surface area contributed by atoms with Gasteiger partial charge in [0.1, 0.15) is 0 Å². The molecule has 23 heavy (non-hydrogen) atoms. The molecule has 4 bridgehead atoms. The first-order valence-corrected chi connectivity index (χ1v) is 10.9. The lowest BCUT2D eigenvalue weighted by Crippen LogP contribution is -2.67. The summed E-state index contributed by atoms with van der Waals surface area (Å²) in [6.07, 6.45) is 24.0. The molecule has 2 unspecified atom stereocenters. The van der Waals surface area contributed by atoms with E-state index in [1.807, 2.05) is 0 Å².